The van der Waals surface area contributed by atoms with Gasteiger partial charge in [-0.1, -0.05) is 35.9 Å². The molecule has 26 heavy (non-hydrogen) atoms. The molecule has 2 rings (SSSR count). The molecule has 0 fully saturated rings. The summed E-state index contributed by atoms with van der Waals surface area (Å²) < 4.78 is 25.9. The number of thioether (sulfide) groups is 1. The molecule has 2 aromatic rings. The molecule has 0 aliphatic rings. The lowest BCUT2D eigenvalue weighted by Gasteiger charge is -2.15. The van der Waals surface area contributed by atoms with E-state index in [0.29, 0.717) is 17.0 Å². The monoisotopic (exact) mass is 392 g/mol. The van der Waals surface area contributed by atoms with E-state index in [4.69, 9.17) is 0 Å². The largest absolute Gasteiger partial charge is 0.325 e. The molecule has 0 aromatic heterocycles. The Morgan fingerprint density at radius 3 is 2.50 bits per heavy atom. The zero-order valence-corrected chi connectivity index (χ0v) is 17.1. The quantitative estimate of drug-likeness (QED) is 0.784. The molecule has 0 spiro atoms. The summed E-state index contributed by atoms with van der Waals surface area (Å²) >= 11 is 1.52. The zero-order chi connectivity index (χ0) is 19.3. The number of benzene rings is 2. The van der Waals surface area contributed by atoms with Crippen LogP contribution in [0, 0.1) is 13.8 Å². The van der Waals surface area contributed by atoms with Gasteiger partial charge < -0.3 is 5.32 Å². The van der Waals surface area contributed by atoms with Crippen molar-refractivity contribution in [1.29, 1.82) is 0 Å². The standard InChI is InChI=1S/C19H24N2O3S2/c1-14-6-5-7-16(10-14)12-25-13-19(22)20-17-9-8-15(2)18(11-17)26(23,24)21(3)4/h5-11H,12-13H2,1-4H3,(H,20,22). The maximum atomic E-state index is 12.4. The lowest BCUT2D eigenvalue weighted by molar-refractivity contribution is -0.113. The highest BCUT2D eigenvalue weighted by molar-refractivity contribution is 7.99. The van der Waals surface area contributed by atoms with Crippen LogP contribution in [0.1, 0.15) is 16.7 Å². The second-order valence-corrected chi connectivity index (χ2v) is 9.40. The van der Waals surface area contributed by atoms with Gasteiger partial charge in [-0.05, 0) is 37.1 Å². The fourth-order valence-corrected chi connectivity index (χ4v) is 4.33. The Labute approximate surface area is 159 Å². The molecular formula is C19H24N2O3S2. The van der Waals surface area contributed by atoms with Crippen molar-refractivity contribution in [3.63, 3.8) is 0 Å². The van der Waals surface area contributed by atoms with Gasteiger partial charge >= 0.3 is 0 Å². The molecule has 0 unspecified atom stereocenters. The summed E-state index contributed by atoms with van der Waals surface area (Å²) in [4.78, 5) is 12.4. The average molecular weight is 393 g/mol. The van der Waals surface area contributed by atoms with Gasteiger partial charge in [0.15, 0.2) is 0 Å². The fraction of sp³-hybridized carbons (Fsp3) is 0.316. The number of hydrogen-bond donors (Lipinski definition) is 1. The summed E-state index contributed by atoms with van der Waals surface area (Å²) in [7, 11) is -0.570. The fourth-order valence-electron chi connectivity index (χ4n) is 2.41. The van der Waals surface area contributed by atoms with Crippen LogP contribution >= 0.6 is 11.8 Å². The SMILES string of the molecule is Cc1cccc(CSCC(=O)Nc2ccc(C)c(S(=O)(=O)N(C)C)c2)c1. The van der Waals surface area contributed by atoms with Gasteiger partial charge in [-0.2, -0.15) is 0 Å². The van der Waals surface area contributed by atoms with Crippen LogP contribution in [0.2, 0.25) is 0 Å². The van der Waals surface area contributed by atoms with E-state index < -0.39 is 10.0 Å². The summed E-state index contributed by atoms with van der Waals surface area (Å²) in [6.07, 6.45) is 0. The average Bonchev–Trinajstić information content (AvgIpc) is 2.56. The number of nitrogens with zero attached hydrogens (tertiary/aromatic N) is 1. The molecule has 1 amide bonds. The van der Waals surface area contributed by atoms with E-state index in [0.717, 1.165) is 5.75 Å². The van der Waals surface area contributed by atoms with E-state index in [2.05, 4.69) is 11.4 Å². The molecule has 0 aliphatic heterocycles. The Morgan fingerprint density at radius 2 is 1.85 bits per heavy atom. The number of amides is 1. The van der Waals surface area contributed by atoms with Crippen molar-refractivity contribution in [2.75, 3.05) is 25.2 Å². The number of sulfonamides is 1. The van der Waals surface area contributed by atoms with Crippen LogP contribution in [-0.2, 0) is 20.6 Å². The first-order chi connectivity index (χ1) is 12.2. The van der Waals surface area contributed by atoms with Crippen LogP contribution in [-0.4, -0.2) is 38.5 Å². The predicted octanol–water partition coefficient (Wildman–Crippen LogP) is 3.43. The topological polar surface area (TPSA) is 66.5 Å². The number of carbonyl (C=O) groups excluding carboxylic acids is 1. The molecule has 5 nitrogen and oxygen atoms in total. The van der Waals surface area contributed by atoms with Gasteiger partial charge in [0.25, 0.3) is 0 Å². The molecule has 7 heteroatoms. The van der Waals surface area contributed by atoms with E-state index in [1.807, 2.05) is 25.1 Å². The molecule has 1 N–H and O–H groups in total. The summed E-state index contributed by atoms with van der Waals surface area (Å²) in [6, 6.07) is 13.1. The number of hydrogen-bond acceptors (Lipinski definition) is 4. The first-order valence-corrected chi connectivity index (χ1v) is 10.8. The van der Waals surface area contributed by atoms with Crippen LogP contribution in [0.15, 0.2) is 47.4 Å². The number of nitrogens with one attached hydrogen (secondary N) is 1. The third-order valence-corrected chi connectivity index (χ3v) is 6.78. The number of rotatable bonds is 7. The molecule has 0 bridgehead atoms. The maximum absolute atomic E-state index is 12.4. The Balaban J connectivity index is 1.99. The first-order valence-electron chi connectivity index (χ1n) is 8.16. The third-order valence-electron chi connectivity index (χ3n) is 3.81. The molecule has 2 aromatic carbocycles. The van der Waals surface area contributed by atoms with Crippen molar-refractivity contribution in [2.45, 2.75) is 24.5 Å². The number of anilines is 1. The second kappa shape index (κ2) is 8.70. The first kappa shape index (κ1) is 20.5. The molecule has 0 saturated heterocycles. The minimum atomic E-state index is -3.55. The van der Waals surface area contributed by atoms with E-state index in [9.17, 15) is 13.2 Å². The van der Waals surface area contributed by atoms with Crippen molar-refractivity contribution in [3.8, 4) is 0 Å². The van der Waals surface area contributed by atoms with Crippen LogP contribution in [0.4, 0.5) is 5.69 Å². The van der Waals surface area contributed by atoms with Crippen molar-refractivity contribution in [3.05, 3.63) is 59.2 Å². The van der Waals surface area contributed by atoms with Crippen molar-refractivity contribution in [1.82, 2.24) is 4.31 Å². The Morgan fingerprint density at radius 1 is 1.12 bits per heavy atom. The summed E-state index contributed by atoms with van der Waals surface area (Å²) in [6.45, 7) is 3.78. The maximum Gasteiger partial charge on any atom is 0.242 e. The second-order valence-electron chi connectivity index (χ2n) is 6.30. The highest BCUT2D eigenvalue weighted by Crippen LogP contribution is 2.23. The van der Waals surface area contributed by atoms with Crippen LogP contribution in [0.5, 0.6) is 0 Å². The lowest BCUT2D eigenvalue weighted by atomic mass is 10.2. The summed E-state index contributed by atoms with van der Waals surface area (Å²) in [5.41, 5.74) is 3.50. The molecule has 0 heterocycles. The molecule has 0 radical (unpaired) electrons. The highest BCUT2D eigenvalue weighted by atomic mass is 32.2. The van der Waals surface area contributed by atoms with Gasteiger partial charge in [0.1, 0.15) is 0 Å². The Kier molecular flexibility index (Phi) is 6.86. The van der Waals surface area contributed by atoms with Crippen LogP contribution in [0.25, 0.3) is 0 Å². The highest BCUT2D eigenvalue weighted by Gasteiger charge is 2.20. The third kappa shape index (κ3) is 5.33. The van der Waals surface area contributed by atoms with Crippen molar-refractivity contribution >= 4 is 33.4 Å². The van der Waals surface area contributed by atoms with Crippen molar-refractivity contribution in [2.24, 2.45) is 0 Å². The zero-order valence-electron chi connectivity index (χ0n) is 15.4. The molecule has 0 saturated carbocycles. The van der Waals surface area contributed by atoms with E-state index in [1.54, 1.807) is 19.1 Å². The van der Waals surface area contributed by atoms with Gasteiger partial charge in [0.05, 0.1) is 10.6 Å². The van der Waals surface area contributed by atoms with E-state index in [1.165, 1.54) is 47.4 Å². The molecule has 140 valence electrons. The Bertz CT molecular complexity index is 893. The normalized spacial score (nSPS) is 11.6. The molecule has 0 atom stereocenters. The van der Waals surface area contributed by atoms with Crippen LogP contribution < -0.4 is 5.32 Å². The van der Waals surface area contributed by atoms with Gasteiger partial charge in [0, 0.05) is 25.5 Å². The van der Waals surface area contributed by atoms with E-state index in [-0.39, 0.29) is 10.8 Å². The minimum Gasteiger partial charge on any atom is -0.325 e. The molecule has 0 aliphatic carbocycles. The number of aryl methyl sites for hydroxylation is 2. The summed E-state index contributed by atoms with van der Waals surface area (Å²) in [5.74, 6) is 0.903. The van der Waals surface area contributed by atoms with Crippen molar-refractivity contribution < 1.29 is 13.2 Å². The summed E-state index contributed by atoms with van der Waals surface area (Å²) in [5, 5.41) is 2.78. The van der Waals surface area contributed by atoms with Gasteiger partial charge in [-0.15, -0.1) is 11.8 Å². The lowest BCUT2D eigenvalue weighted by Crippen LogP contribution is -2.23. The molecular weight excluding hydrogens is 368 g/mol. The smallest absolute Gasteiger partial charge is 0.242 e. The van der Waals surface area contributed by atoms with Gasteiger partial charge in [-0.25, -0.2) is 12.7 Å². The minimum absolute atomic E-state index is 0.153. The van der Waals surface area contributed by atoms with Gasteiger partial charge in [0.2, 0.25) is 15.9 Å². The Hall–Kier alpha value is -1.83. The van der Waals surface area contributed by atoms with Crippen LogP contribution in [0.3, 0.4) is 0 Å². The van der Waals surface area contributed by atoms with Gasteiger partial charge in [-0.3, -0.25) is 4.79 Å². The number of carbonyl (C=O) groups is 1. The van der Waals surface area contributed by atoms with E-state index >= 15 is 0 Å². The predicted molar refractivity (Wildman–Crippen MR) is 108 cm³/mol.